The van der Waals surface area contributed by atoms with E-state index in [0.717, 1.165) is 29.5 Å². The molecule has 8 heteroatoms. The van der Waals surface area contributed by atoms with Crippen LogP contribution in [0.2, 0.25) is 0 Å². The molecule has 0 spiro atoms. The normalized spacial score (nSPS) is 10.7. The molecule has 0 aliphatic rings. The summed E-state index contributed by atoms with van der Waals surface area (Å²) in [4.78, 5) is 16.3. The Kier molecular flexibility index (Phi) is 4.68. The van der Waals surface area contributed by atoms with Gasteiger partial charge in [0.2, 0.25) is 0 Å². The topological polar surface area (TPSA) is 42.0 Å². The molecule has 0 radical (unpaired) electrons. The number of carbonyl (C=O) groups excluding carboxylic acids is 1. The first kappa shape index (κ1) is 16.7. The molecule has 2 aromatic carbocycles. The van der Waals surface area contributed by atoms with E-state index in [9.17, 15) is 18.0 Å². The summed E-state index contributed by atoms with van der Waals surface area (Å²) >= 11 is 4.24. The van der Waals surface area contributed by atoms with Crippen molar-refractivity contribution < 1.29 is 18.0 Å². The van der Waals surface area contributed by atoms with E-state index in [4.69, 9.17) is 0 Å². The van der Waals surface area contributed by atoms with Crippen LogP contribution in [0.4, 0.5) is 18.3 Å². The zero-order valence-electron chi connectivity index (χ0n) is 11.8. The Morgan fingerprint density at radius 1 is 1.08 bits per heavy atom. The highest BCUT2D eigenvalue weighted by atomic mass is 79.9. The lowest BCUT2D eigenvalue weighted by atomic mass is 10.2. The van der Waals surface area contributed by atoms with Crippen molar-refractivity contribution in [1.82, 2.24) is 4.98 Å². The van der Waals surface area contributed by atoms with Gasteiger partial charge in [-0.15, -0.1) is 11.3 Å². The van der Waals surface area contributed by atoms with Crippen LogP contribution in [0.5, 0.6) is 0 Å². The standard InChI is InChI=1S/C16H8BrF3N2OS/c17-10-3-9(4-11(18)6-10)15(23)22-16-21-14(7-24-16)8-1-2-12(19)13(20)5-8/h1-7H,(H,21,22,23). The van der Waals surface area contributed by atoms with E-state index in [-0.39, 0.29) is 10.7 Å². The number of nitrogens with one attached hydrogen (secondary N) is 1. The molecule has 0 aliphatic carbocycles. The van der Waals surface area contributed by atoms with Crippen molar-refractivity contribution in [2.24, 2.45) is 0 Å². The van der Waals surface area contributed by atoms with Crippen molar-refractivity contribution in [2.45, 2.75) is 0 Å². The molecule has 122 valence electrons. The number of halogens is 4. The molecule has 3 nitrogen and oxygen atoms in total. The van der Waals surface area contributed by atoms with Gasteiger partial charge in [-0.3, -0.25) is 10.1 Å². The van der Waals surface area contributed by atoms with Gasteiger partial charge in [-0.05, 0) is 36.4 Å². The van der Waals surface area contributed by atoms with Crippen LogP contribution in [-0.4, -0.2) is 10.9 Å². The number of aromatic nitrogens is 1. The van der Waals surface area contributed by atoms with E-state index in [1.165, 1.54) is 18.2 Å². The van der Waals surface area contributed by atoms with Crippen LogP contribution in [0.1, 0.15) is 10.4 Å². The van der Waals surface area contributed by atoms with E-state index in [2.05, 4.69) is 26.2 Å². The predicted molar refractivity (Wildman–Crippen MR) is 89.5 cm³/mol. The molecule has 1 heterocycles. The molecule has 1 amide bonds. The Morgan fingerprint density at radius 2 is 1.88 bits per heavy atom. The molecule has 3 aromatic rings. The van der Waals surface area contributed by atoms with Crippen LogP contribution in [0, 0.1) is 17.5 Å². The highest BCUT2D eigenvalue weighted by Gasteiger charge is 2.13. The first-order valence-electron chi connectivity index (χ1n) is 6.61. The predicted octanol–water partition coefficient (Wildman–Crippen LogP) is 5.24. The number of hydrogen-bond acceptors (Lipinski definition) is 3. The summed E-state index contributed by atoms with van der Waals surface area (Å²) in [5.41, 5.74) is 0.917. The van der Waals surface area contributed by atoms with Crippen LogP contribution in [0.25, 0.3) is 11.3 Å². The maximum atomic E-state index is 13.3. The second-order valence-corrected chi connectivity index (χ2v) is 6.55. The van der Waals surface area contributed by atoms with Gasteiger partial charge in [-0.25, -0.2) is 18.2 Å². The van der Waals surface area contributed by atoms with Crippen molar-refractivity contribution in [3.63, 3.8) is 0 Å². The highest BCUT2D eigenvalue weighted by Crippen LogP contribution is 2.26. The number of nitrogens with zero attached hydrogens (tertiary/aromatic N) is 1. The van der Waals surface area contributed by atoms with E-state index >= 15 is 0 Å². The Balaban J connectivity index is 1.80. The minimum Gasteiger partial charge on any atom is -0.298 e. The fourth-order valence-corrected chi connectivity index (χ4v) is 3.15. The van der Waals surface area contributed by atoms with Crippen LogP contribution < -0.4 is 5.32 Å². The van der Waals surface area contributed by atoms with Gasteiger partial charge in [-0.1, -0.05) is 15.9 Å². The van der Waals surface area contributed by atoms with Gasteiger partial charge in [0.05, 0.1) is 5.69 Å². The molecule has 1 aromatic heterocycles. The Hall–Kier alpha value is -2.19. The minimum atomic E-state index is -0.976. The number of rotatable bonds is 3. The summed E-state index contributed by atoms with van der Waals surface area (Å²) in [6.45, 7) is 0. The third kappa shape index (κ3) is 3.65. The van der Waals surface area contributed by atoms with Crippen molar-refractivity contribution >= 4 is 38.3 Å². The quantitative estimate of drug-likeness (QED) is 0.638. The summed E-state index contributed by atoms with van der Waals surface area (Å²) in [6, 6.07) is 7.24. The van der Waals surface area contributed by atoms with E-state index in [1.807, 2.05) is 0 Å². The molecule has 0 saturated heterocycles. The van der Waals surface area contributed by atoms with Gasteiger partial charge in [0.1, 0.15) is 5.82 Å². The Bertz CT molecular complexity index is 909. The third-order valence-electron chi connectivity index (χ3n) is 3.06. The number of anilines is 1. The molecular weight excluding hydrogens is 405 g/mol. The number of carbonyl (C=O) groups is 1. The third-order valence-corrected chi connectivity index (χ3v) is 4.28. The molecule has 0 unspecified atom stereocenters. The van der Waals surface area contributed by atoms with Crippen molar-refractivity contribution in [3.05, 3.63) is 69.3 Å². The number of benzene rings is 2. The average Bonchev–Trinajstić information content (AvgIpc) is 2.97. The molecule has 24 heavy (non-hydrogen) atoms. The van der Waals surface area contributed by atoms with Crippen molar-refractivity contribution in [2.75, 3.05) is 5.32 Å². The molecule has 0 saturated carbocycles. The molecule has 3 rings (SSSR count). The number of hydrogen-bond donors (Lipinski definition) is 1. The summed E-state index contributed by atoms with van der Waals surface area (Å²) in [6.07, 6.45) is 0. The lowest BCUT2D eigenvalue weighted by Crippen LogP contribution is -2.12. The lowest BCUT2D eigenvalue weighted by molar-refractivity contribution is 0.102. The maximum Gasteiger partial charge on any atom is 0.257 e. The van der Waals surface area contributed by atoms with Crippen molar-refractivity contribution in [1.29, 1.82) is 0 Å². The average molecular weight is 413 g/mol. The molecule has 0 bridgehead atoms. The molecule has 0 aliphatic heterocycles. The monoisotopic (exact) mass is 412 g/mol. The first-order valence-corrected chi connectivity index (χ1v) is 8.28. The van der Waals surface area contributed by atoms with Crippen LogP contribution in [-0.2, 0) is 0 Å². The van der Waals surface area contributed by atoms with E-state index < -0.39 is 23.4 Å². The van der Waals surface area contributed by atoms with Crippen LogP contribution >= 0.6 is 27.3 Å². The van der Waals surface area contributed by atoms with Gasteiger partial charge in [0, 0.05) is 21.0 Å². The molecular formula is C16H8BrF3N2OS. The molecule has 0 fully saturated rings. The summed E-state index contributed by atoms with van der Waals surface area (Å²) in [5, 5.41) is 4.41. The number of amides is 1. The van der Waals surface area contributed by atoms with Gasteiger partial charge in [0.25, 0.3) is 5.91 Å². The van der Waals surface area contributed by atoms with Gasteiger partial charge < -0.3 is 0 Å². The van der Waals surface area contributed by atoms with E-state index in [0.29, 0.717) is 15.7 Å². The molecule has 1 N–H and O–H groups in total. The summed E-state index contributed by atoms with van der Waals surface area (Å²) < 4.78 is 40.0. The fraction of sp³-hybridized carbons (Fsp3) is 0. The zero-order valence-corrected chi connectivity index (χ0v) is 14.2. The van der Waals surface area contributed by atoms with Crippen LogP contribution in [0.15, 0.2) is 46.3 Å². The first-order chi connectivity index (χ1) is 11.4. The van der Waals surface area contributed by atoms with Crippen molar-refractivity contribution in [3.8, 4) is 11.3 Å². The largest absolute Gasteiger partial charge is 0.298 e. The zero-order chi connectivity index (χ0) is 17.3. The summed E-state index contributed by atoms with van der Waals surface area (Å²) in [5.74, 6) is -2.99. The lowest BCUT2D eigenvalue weighted by Gasteiger charge is -2.03. The SMILES string of the molecule is O=C(Nc1nc(-c2ccc(F)c(F)c2)cs1)c1cc(F)cc(Br)c1. The highest BCUT2D eigenvalue weighted by molar-refractivity contribution is 9.10. The maximum absolute atomic E-state index is 13.3. The second kappa shape index (κ2) is 6.74. The number of thiazole rings is 1. The van der Waals surface area contributed by atoms with Gasteiger partial charge >= 0.3 is 0 Å². The Labute approximate surface area is 147 Å². The van der Waals surface area contributed by atoms with Gasteiger partial charge in [-0.2, -0.15) is 0 Å². The van der Waals surface area contributed by atoms with Crippen LogP contribution in [0.3, 0.4) is 0 Å². The van der Waals surface area contributed by atoms with Gasteiger partial charge in [0.15, 0.2) is 16.8 Å². The molecule has 0 atom stereocenters. The summed E-state index contributed by atoms with van der Waals surface area (Å²) in [7, 11) is 0. The Morgan fingerprint density at radius 3 is 2.58 bits per heavy atom. The second-order valence-electron chi connectivity index (χ2n) is 4.78. The van der Waals surface area contributed by atoms with E-state index in [1.54, 1.807) is 5.38 Å². The minimum absolute atomic E-state index is 0.131. The smallest absolute Gasteiger partial charge is 0.257 e. The fourth-order valence-electron chi connectivity index (χ4n) is 1.97.